The second kappa shape index (κ2) is 5.19. The molecule has 1 fully saturated rings. The molecule has 1 aromatic heterocycles. The van der Waals surface area contributed by atoms with E-state index < -0.39 is 0 Å². The summed E-state index contributed by atoms with van der Waals surface area (Å²) in [5.41, 5.74) is 0.493. The van der Waals surface area contributed by atoms with Gasteiger partial charge < -0.3 is 14.5 Å². The maximum Gasteiger partial charge on any atom is 0.134 e. The number of rotatable bonds is 4. The van der Waals surface area contributed by atoms with Gasteiger partial charge in [-0.2, -0.15) is 0 Å². The summed E-state index contributed by atoms with van der Waals surface area (Å²) >= 11 is 0. The third-order valence-electron chi connectivity index (χ3n) is 4.45. The molecule has 1 heterocycles. The van der Waals surface area contributed by atoms with Gasteiger partial charge in [0.15, 0.2) is 0 Å². The number of methoxy groups -OCH3 is 1. The van der Waals surface area contributed by atoms with Crippen LogP contribution in [0.5, 0.6) is 0 Å². The van der Waals surface area contributed by atoms with E-state index in [0.29, 0.717) is 5.58 Å². The van der Waals surface area contributed by atoms with Gasteiger partial charge >= 0.3 is 0 Å². The minimum Gasteiger partial charge on any atom is -0.459 e. The molecule has 0 saturated heterocycles. The lowest BCUT2D eigenvalue weighted by molar-refractivity contribution is -0.0397. The third kappa shape index (κ3) is 2.13. The maximum atomic E-state index is 13.3. The van der Waals surface area contributed by atoms with E-state index in [9.17, 15) is 4.39 Å². The molecule has 0 amide bonds. The van der Waals surface area contributed by atoms with Crippen LogP contribution in [-0.4, -0.2) is 19.8 Å². The van der Waals surface area contributed by atoms with Crippen molar-refractivity contribution in [3.05, 3.63) is 35.8 Å². The van der Waals surface area contributed by atoms with Gasteiger partial charge in [-0.05, 0) is 44.2 Å². The van der Waals surface area contributed by atoms with Crippen molar-refractivity contribution in [1.29, 1.82) is 0 Å². The number of likely N-dealkylation sites (N-methyl/N-ethyl adjacent to an activating group) is 1. The van der Waals surface area contributed by atoms with Crippen LogP contribution in [0.3, 0.4) is 0 Å². The predicted octanol–water partition coefficient (Wildman–Crippen LogP) is 3.79. The molecular weight excluding hydrogens is 257 g/mol. The molecule has 1 aliphatic carbocycles. The van der Waals surface area contributed by atoms with Gasteiger partial charge in [-0.3, -0.25) is 0 Å². The summed E-state index contributed by atoms with van der Waals surface area (Å²) in [6.07, 6.45) is 4.36. The number of fused-ring (bicyclic) bond motifs is 1. The van der Waals surface area contributed by atoms with Crippen LogP contribution in [0.1, 0.15) is 37.5 Å². The van der Waals surface area contributed by atoms with Gasteiger partial charge in [0.2, 0.25) is 0 Å². The molecule has 2 aromatic rings. The van der Waals surface area contributed by atoms with Crippen LogP contribution in [0.2, 0.25) is 0 Å². The molecule has 0 bridgehead atoms. The van der Waals surface area contributed by atoms with E-state index in [4.69, 9.17) is 9.15 Å². The summed E-state index contributed by atoms with van der Waals surface area (Å²) in [6.45, 7) is 0. The lowest BCUT2D eigenvalue weighted by Crippen LogP contribution is -2.42. The molecule has 1 atom stereocenters. The van der Waals surface area contributed by atoms with Crippen LogP contribution in [0.15, 0.2) is 28.7 Å². The van der Waals surface area contributed by atoms with Gasteiger partial charge in [-0.25, -0.2) is 4.39 Å². The monoisotopic (exact) mass is 277 g/mol. The number of halogens is 1. The Balaban J connectivity index is 2.02. The summed E-state index contributed by atoms with van der Waals surface area (Å²) in [4.78, 5) is 0. The first-order valence-corrected chi connectivity index (χ1v) is 7.10. The third-order valence-corrected chi connectivity index (χ3v) is 4.45. The normalized spacial score (nSPS) is 19.6. The van der Waals surface area contributed by atoms with Crippen LogP contribution in [0, 0.1) is 5.82 Å². The van der Waals surface area contributed by atoms with E-state index in [1.54, 1.807) is 13.2 Å². The molecule has 1 aliphatic rings. The molecule has 1 aromatic carbocycles. The molecule has 0 radical (unpaired) electrons. The first-order valence-electron chi connectivity index (χ1n) is 7.10. The second-order valence-electron chi connectivity index (χ2n) is 5.53. The molecule has 0 spiro atoms. The van der Waals surface area contributed by atoms with E-state index in [0.717, 1.165) is 24.0 Å². The summed E-state index contributed by atoms with van der Waals surface area (Å²) < 4.78 is 25.0. The average molecular weight is 277 g/mol. The quantitative estimate of drug-likeness (QED) is 0.923. The van der Waals surface area contributed by atoms with E-state index in [-0.39, 0.29) is 17.5 Å². The zero-order valence-corrected chi connectivity index (χ0v) is 11.9. The Bertz CT molecular complexity index is 602. The molecule has 3 rings (SSSR count). The Morgan fingerprint density at radius 3 is 2.70 bits per heavy atom. The van der Waals surface area contributed by atoms with Gasteiger partial charge in [-0.1, -0.05) is 12.8 Å². The minimum absolute atomic E-state index is 0.00883. The number of benzene rings is 1. The molecule has 108 valence electrons. The van der Waals surface area contributed by atoms with Gasteiger partial charge in [-0.15, -0.1) is 0 Å². The predicted molar refractivity (Wildman–Crippen MR) is 76.2 cm³/mol. The second-order valence-corrected chi connectivity index (χ2v) is 5.53. The minimum atomic E-state index is -0.242. The average Bonchev–Trinajstić information content (AvgIpc) is 3.06. The maximum absolute atomic E-state index is 13.3. The fourth-order valence-electron chi connectivity index (χ4n) is 3.43. The van der Waals surface area contributed by atoms with Crippen molar-refractivity contribution < 1.29 is 13.5 Å². The molecule has 4 heteroatoms. The Kier molecular flexibility index (Phi) is 3.52. The topological polar surface area (TPSA) is 34.4 Å². The molecule has 3 nitrogen and oxygen atoms in total. The van der Waals surface area contributed by atoms with Gasteiger partial charge in [0.1, 0.15) is 17.2 Å². The number of hydrogen-bond donors (Lipinski definition) is 1. The zero-order valence-electron chi connectivity index (χ0n) is 11.9. The molecule has 1 saturated carbocycles. The number of furan rings is 1. The van der Waals surface area contributed by atoms with Crippen molar-refractivity contribution in [3.63, 3.8) is 0 Å². The molecule has 20 heavy (non-hydrogen) atoms. The summed E-state index contributed by atoms with van der Waals surface area (Å²) in [5.74, 6) is 0.574. The summed E-state index contributed by atoms with van der Waals surface area (Å²) in [6, 6.07) is 6.51. The Hall–Kier alpha value is -1.39. The molecular formula is C16H20FNO2. The highest BCUT2D eigenvalue weighted by Crippen LogP contribution is 2.43. The first-order chi connectivity index (χ1) is 9.68. The highest BCUT2D eigenvalue weighted by Gasteiger charge is 2.43. The van der Waals surface area contributed by atoms with Crippen molar-refractivity contribution in [2.45, 2.75) is 37.3 Å². The van der Waals surface area contributed by atoms with Crippen LogP contribution in [-0.2, 0) is 4.74 Å². The van der Waals surface area contributed by atoms with Gasteiger partial charge in [0.25, 0.3) is 0 Å². The van der Waals surface area contributed by atoms with Gasteiger partial charge in [0.05, 0.1) is 11.6 Å². The molecule has 0 aliphatic heterocycles. The Morgan fingerprint density at radius 1 is 1.30 bits per heavy atom. The van der Waals surface area contributed by atoms with Crippen LogP contribution in [0.4, 0.5) is 4.39 Å². The van der Waals surface area contributed by atoms with E-state index in [1.165, 1.54) is 25.0 Å². The van der Waals surface area contributed by atoms with E-state index in [2.05, 4.69) is 5.32 Å². The van der Waals surface area contributed by atoms with Crippen molar-refractivity contribution >= 4 is 11.0 Å². The summed E-state index contributed by atoms with van der Waals surface area (Å²) in [7, 11) is 3.68. The van der Waals surface area contributed by atoms with E-state index >= 15 is 0 Å². The van der Waals surface area contributed by atoms with Crippen LogP contribution >= 0.6 is 0 Å². The smallest absolute Gasteiger partial charge is 0.134 e. The van der Waals surface area contributed by atoms with Gasteiger partial charge in [0, 0.05) is 12.5 Å². The van der Waals surface area contributed by atoms with Crippen molar-refractivity contribution in [2.24, 2.45) is 0 Å². The molecule has 1 unspecified atom stereocenters. The highest BCUT2D eigenvalue weighted by atomic mass is 19.1. The van der Waals surface area contributed by atoms with Crippen molar-refractivity contribution in [3.8, 4) is 0 Å². The lowest BCUT2D eigenvalue weighted by Gasteiger charge is -2.34. The van der Waals surface area contributed by atoms with Crippen molar-refractivity contribution in [1.82, 2.24) is 5.32 Å². The zero-order chi connectivity index (χ0) is 14.2. The SMILES string of the molecule is CNC(c1cc2cc(F)ccc2o1)C1(OC)CCCC1. The Morgan fingerprint density at radius 2 is 2.05 bits per heavy atom. The lowest BCUT2D eigenvalue weighted by atomic mass is 9.90. The number of ether oxygens (including phenoxy) is 1. The fourth-order valence-corrected chi connectivity index (χ4v) is 3.43. The standard InChI is InChI=1S/C16H20FNO2/c1-18-15(16(19-2)7-3-4-8-16)14-10-11-9-12(17)5-6-13(11)20-14/h5-6,9-10,15,18H,3-4,7-8H2,1-2H3. The highest BCUT2D eigenvalue weighted by molar-refractivity contribution is 5.78. The van der Waals surface area contributed by atoms with Crippen LogP contribution < -0.4 is 5.32 Å². The Labute approximate surface area is 118 Å². The number of hydrogen-bond acceptors (Lipinski definition) is 3. The summed E-state index contributed by atoms with van der Waals surface area (Å²) in [5, 5.41) is 4.11. The fraction of sp³-hybridized carbons (Fsp3) is 0.500. The van der Waals surface area contributed by atoms with Crippen molar-refractivity contribution in [2.75, 3.05) is 14.2 Å². The first kappa shape index (κ1) is 13.6. The molecule has 1 N–H and O–H groups in total. The number of nitrogens with one attached hydrogen (secondary N) is 1. The van der Waals surface area contributed by atoms with Crippen LogP contribution in [0.25, 0.3) is 11.0 Å². The van der Waals surface area contributed by atoms with E-state index in [1.807, 2.05) is 13.1 Å². The largest absolute Gasteiger partial charge is 0.459 e.